The summed E-state index contributed by atoms with van der Waals surface area (Å²) in [6, 6.07) is 13.3. The van der Waals surface area contributed by atoms with E-state index in [1.165, 1.54) is 11.3 Å². The highest BCUT2D eigenvalue weighted by Gasteiger charge is 2.10. The Hall–Kier alpha value is -1.76. The van der Waals surface area contributed by atoms with Gasteiger partial charge in [0.05, 0.1) is 10.2 Å². The smallest absolute Gasteiger partial charge is 0.279 e. The molecule has 2 aromatic carbocycles. The lowest BCUT2D eigenvalue weighted by Gasteiger charge is -2.11. The Morgan fingerprint density at radius 2 is 1.96 bits per heavy atom. The summed E-state index contributed by atoms with van der Waals surface area (Å²) in [7, 11) is 3.94. The molecule has 0 radical (unpaired) electrons. The number of rotatable bonds is 5. The lowest BCUT2D eigenvalue weighted by atomic mass is 10.2. The van der Waals surface area contributed by atoms with E-state index in [2.05, 4.69) is 15.8 Å². The van der Waals surface area contributed by atoms with Gasteiger partial charge in [-0.25, -0.2) is 0 Å². The number of aryl methyl sites for hydroxylation is 1. The van der Waals surface area contributed by atoms with Crippen LogP contribution in [0.4, 0.5) is 5.69 Å². The van der Waals surface area contributed by atoms with Crippen molar-refractivity contribution in [3.63, 3.8) is 0 Å². The molecule has 136 valence electrons. The maximum Gasteiger partial charge on any atom is 0.279 e. The quantitative estimate of drug-likeness (QED) is 0.626. The lowest BCUT2D eigenvalue weighted by molar-refractivity contribution is 0.0998. The summed E-state index contributed by atoms with van der Waals surface area (Å²) < 4.78 is 3.13. The van der Waals surface area contributed by atoms with E-state index in [-0.39, 0.29) is 5.91 Å². The summed E-state index contributed by atoms with van der Waals surface area (Å²) in [4.78, 5) is 19.8. The van der Waals surface area contributed by atoms with Crippen LogP contribution < -0.4 is 9.70 Å². The third-order valence-corrected chi connectivity index (χ3v) is 5.86. The number of halogens is 1. The van der Waals surface area contributed by atoms with Gasteiger partial charge in [0.25, 0.3) is 5.91 Å². The maximum absolute atomic E-state index is 12.6. The van der Waals surface area contributed by atoms with Crippen molar-refractivity contribution in [2.45, 2.75) is 6.54 Å². The first kappa shape index (κ1) is 19.0. The van der Waals surface area contributed by atoms with E-state index >= 15 is 0 Å². The Bertz CT molecular complexity index is 990. The molecule has 0 aliphatic heterocycles. The average molecular weight is 406 g/mol. The Kier molecular flexibility index (Phi) is 6.06. The van der Waals surface area contributed by atoms with Crippen LogP contribution in [0, 0.1) is 0 Å². The molecule has 0 unspecified atom stereocenters. The van der Waals surface area contributed by atoms with Gasteiger partial charge in [0, 0.05) is 42.7 Å². The lowest BCUT2D eigenvalue weighted by Crippen LogP contribution is -2.18. The molecule has 0 N–H and O–H groups in total. The molecule has 1 aromatic heterocycles. The minimum atomic E-state index is -0.231. The number of anilines is 1. The maximum atomic E-state index is 12.6. The number of aromatic nitrogens is 1. The van der Waals surface area contributed by atoms with Gasteiger partial charge in [0.2, 0.25) is 0 Å². The van der Waals surface area contributed by atoms with Crippen molar-refractivity contribution in [3.8, 4) is 0 Å². The predicted molar refractivity (Wildman–Crippen MR) is 114 cm³/mol. The highest BCUT2D eigenvalue weighted by Crippen LogP contribution is 2.22. The zero-order valence-corrected chi connectivity index (χ0v) is 17.3. The van der Waals surface area contributed by atoms with Crippen LogP contribution in [-0.2, 0) is 6.54 Å². The molecule has 0 spiro atoms. The number of benzene rings is 2. The fourth-order valence-corrected chi connectivity index (χ4v) is 4.28. The molecule has 0 bridgehead atoms. The van der Waals surface area contributed by atoms with Gasteiger partial charge in [-0.3, -0.25) is 4.79 Å². The van der Waals surface area contributed by atoms with Crippen molar-refractivity contribution in [3.05, 3.63) is 57.9 Å². The second kappa shape index (κ2) is 8.29. The van der Waals surface area contributed by atoms with Gasteiger partial charge < -0.3 is 9.47 Å². The first-order valence-electron chi connectivity index (χ1n) is 8.14. The molecule has 0 saturated heterocycles. The van der Waals surface area contributed by atoms with Crippen molar-refractivity contribution in [1.29, 1.82) is 0 Å². The topological polar surface area (TPSA) is 37.6 Å². The van der Waals surface area contributed by atoms with Crippen LogP contribution in [0.3, 0.4) is 0 Å². The molecule has 0 fully saturated rings. The van der Waals surface area contributed by atoms with Gasteiger partial charge in [-0.05, 0) is 48.7 Å². The van der Waals surface area contributed by atoms with Crippen LogP contribution in [-0.4, -0.2) is 36.6 Å². The van der Waals surface area contributed by atoms with Crippen molar-refractivity contribution in [1.82, 2.24) is 4.57 Å². The summed E-state index contributed by atoms with van der Waals surface area (Å²) in [5.41, 5.74) is 2.69. The highest BCUT2D eigenvalue weighted by atomic mass is 35.5. The van der Waals surface area contributed by atoms with Crippen LogP contribution in [0.2, 0.25) is 5.02 Å². The summed E-state index contributed by atoms with van der Waals surface area (Å²) in [6.07, 6.45) is 2.07. The molecule has 0 aliphatic carbocycles. The van der Waals surface area contributed by atoms with E-state index in [4.69, 9.17) is 11.6 Å². The van der Waals surface area contributed by atoms with Gasteiger partial charge in [0.15, 0.2) is 4.80 Å². The molecule has 1 amide bonds. The van der Waals surface area contributed by atoms with E-state index in [1.54, 1.807) is 11.8 Å². The summed E-state index contributed by atoms with van der Waals surface area (Å²) in [5.74, 6) is 0.721. The number of thiazole rings is 1. The number of fused-ring (bicyclic) bond motifs is 1. The second-order valence-corrected chi connectivity index (χ2v) is 8.43. The standard InChI is InChI=1S/C19H20ClN3OS2/c1-22(2)15-7-4-13(5-8-15)18(24)21-19-23(10-11-25-3)16-9-6-14(20)12-17(16)26-19/h4-9,12H,10-11H2,1-3H3. The van der Waals surface area contributed by atoms with Gasteiger partial charge in [-0.15, -0.1) is 0 Å². The number of amides is 1. The molecule has 0 atom stereocenters. The number of carbonyl (C=O) groups excluding carboxylic acids is 1. The van der Waals surface area contributed by atoms with E-state index in [9.17, 15) is 4.79 Å². The molecule has 26 heavy (non-hydrogen) atoms. The Morgan fingerprint density at radius 1 is 1.23 bits per heavy atom. The molecule has 0 aliphatic rings. The van der Waals surface area contributed by atoms with Crippen molar-refractivity contribution in [2.24, 2.45) is 4.99 Å². The van der Waals surface area contributed by atoms with E-state index in [1.807, 2.05) is 61.5 Å². The Balaban J connectivity index is 2.03. The molecular formula is C19H20ClN3OS2. The molecule has 3 rings (SSSR count). The zero-order valence-electron chi connectivity index (χ0n) is 14.9. The van der Waals surface area contributed by atoms with Crippen molar-refractivity contribution in [2.75, 3.05) is 31.0 Å². The van der Waals surface area contributed by atoms with Crippen LogP contribution in [0.25, 0.3) is 10.2 Å². The molecule has 3 aromatic rings. The number of hydrogen-bond donors (Lipinski definition) is 0. The SMILES string of the molecule is CSCCn1c(=NC(=O)c2ccc(N(C)C)cc2)sc2cc(Cl)ccc21. The van der Waals surface area contributed by atoms with Gasteiger partial charge >= 0.3 is 0 Å². The highest BCUT2D eigenvalue weighted by molar-refractivity contribution is 7.98. The van der Waals surface area contributed by atoms with Crippen molar-refractivity contribution < 1.29 is 4.79 Å². The number of thioether (sulfide) groups is 1. The fraction of sp³-hybridized carbons (Fsp3) is 0.263. The third-order valence-electron chi connectivity index (χ3n) is 3.99. The zero-order chi connectivity index (χ0) is 18.7. The second-order valence-electron chi connectivity index (χ2n) is 6.00. The number of nitrogens with zero attached hydrogens (tertiary/aromatic N) is 3. The summed E-state index contributed by atoms with van der Waals surface area (Å²) in [6.45, 7) is 0.800. The van der Waals surface area contributed by atoms with E-state index in [0.717, 1.165) is 28.2 Å². The molecule has 1 heterocycles. The van der Waals surface area contributed by atoms with Gasteiger partial charge in [0.1, 0.15) is 0 Å². The normalized spacial score (nSPS) is 11.9. The fourth-order valence-electron chi connectivity index (χ4n) is 2.58. The van der Waals surface area contributed by atoms with Crippen LogP contribution in [0.1, 0.15) is 10.4 Å². The van der Waals surface area contributed by atoms with Crippen LogP contribution in [0.5, 0.6) is 0 Å². The van der Waals surface area contributed by atoms with Crippen LogP contribution >= 0.6 is 34.7 Å². The Morgan fingerprint density at radius 3 is 2.62 bits per heavy atom. The van der Waals surface area contributed by atoms with Gasteiger partial charge in [-0.1, -0.05) is 22.9 Å². The largest absolute Gasteiger partial charge is 0.378 e. The monoisotopic (exact) mass is 405 g/mol. The Labute approximate surface area is 166 Å². The molecule has 0 saturated carbocycles. The van der Waals surface area contributed by atoms with E-state index < -0.39 is 0 Å². The first-order valence-corrected chi connectivity index (χ1v) is 10.7. The first-order chi connectivity index (χ1) is 12.5. The molecule has 7 heteroatoms. The van der Waals surface area contributed by atoms with Gasteiger partial charge in [-0.2, -0.15) is 16.8 Å². The predicted octanol–water partition coefficient (Wildman–Crippen LogP) is 4.53. The number of hydrogen-bond acceptors (Lipinski definition) is 4. The average Bonchev–Trinajstić information content (AvgIpc) is 2.95. The number of carbonyl (C=O) groups is 1. The molecular weight excluding hydrogens is 386 g/mol. The minimum Gasteiger partial charge on any atom is -0.378 e. The van der Waals surface area contributed by atoms with E-state index in [0.29, 0.717) is 15.4 Å². The summed E-state index contributed by atoms with van der Waals surface area (Å²) >= 11 is 9.38. The molecule has 4 nitrogen and oxygen atoms in total. The summed E-state index contributed by atoms with van der Waals surface area (Å²) in [5, 5.41) is 0.688. The minimum absolute atomic E-state index is 0.231. The van der Waals surface area contributed by atoms with Crippen LogP contribution in [0.15, 0.2) is 47.5 Å². The third kappa shape index (κ3) is 4.14. The van der Waals surface area contributed by atoms with Crippen molar-refractivity contribution >= 4 is 56.5 Å².